The largest absolute Gasteiger partial charge is 0.355 e. The number of hydrogen-bond donors (Lipinski definition) is 1. The second kappa shape index (κ2) is 9.11. The Labute approximate surface area is 167 Å². The molecular formula is C23H32N2OS. The SMILES string of the molecule is CC(C)(C)SCCNC(=O)C1CCCN(Cc2cccc3ccccc23)C1. The van der Waals surface area contributed by atoms with Crippen molar-refractivity contribution in [1.29, 1.82) is 0 Å². The zero-order chi connectivity index (χ0) is 19.3. The summed E-state index contributed by atoms with van der Waals surface area (Å²) in [7, 11) is 0. The number of amides is 1. The molecule has 4 heteroatoms. The van der Waals surface area contributed by atoms with Gasteiger partial charge in [-0.05, 0) is 35.7 Å². The van der Waals surface area contributed by atoms with E-state index in [0.29, 0.717) is 0 Å². The number of fused-ring (bicyclic) bond motifs is 1. The molecule has 1 N–H and O–H groups in total. The predicted molar refractivity (Wildman–Crippen MR) is 117 cm³/mol. The Hall–Kier alpha value is -1.52. The van der Waals surface area contributed by atoms with Crippen molar-refractivity contribution < 1.29 is 4.79 Å². The van der Waals surface area contributed by atoms with Crippen LogP contribution in [0.2, 0.25) is 0 Å². The number of hydrogen-bond acceptors (Lipinski definition) is 3. The minimum absolute atomic E-state index is 0.119. The van der Waals surface area contributed by atoms with Crippen molar-refractivity contribution in [2.75, 3.05) is 25.4 Å². The molecule has 27 heavy (non-hydrogen) atoms. The van der Waals surface area contributed by atoms with E-state index in [1.54, 1.807) is 0 Å². The third-order valence-electron chi connectivity index (χ3n) is 5.09. The average molecular weight is 385 g/mol. The smallest absolute Gasteiger partial charge is 0.224 e. The topological polar surface area (TPSA) is 32.3 Å². The highest BCUT2D eigenvalue weighted by atomic mass is 32.2. The lowest BCUT2D eigenvalue weighted by molar-refractivity contribution is -0.126. The lowest BCUT2D eigenvalue weighted by Crippen LogP contribution is -2.43. The standard InChI is InChI=1S/C23H32N2OS/c1-23(2,3)27-15-13-24-22(26)20-11-7-14-25(17-20)16-19-10-6-9-18-8-4-5-12-21(18)19/h4-6,8-10,12,20H,7,11,13-17H2,1-3H3,(H,24,26). The van der Waals surface area contributed by atoms with Crippen molar-refractivity contribution >= 4 is 28.4 Å². The summed E-state index contributed by atoms with van der Waals surface area (Å²) in [4.78, 5) is 15.0. The number of nitrogens with zero attached hydrogens (tertiary/aromatic N) is 1. The molecular weight excluding hydrogens is 352 g/mol. The summed E-state index contributed by atoms with van der Waals surface area (Å²) in [6.07, 6.45) is 2.10. The fourth-order valence-electron chi connectivity index (χ4n) is 3.76. The number of rotatable bonds is 6. The molecule has 0 spiro atoms. The number of piperidine rings is 1. The summed E-state index contributed by atoms with van der Waals surface area (Å²) in [5, 5.41) is 5.77. The van der Waals surface area contributed by atoms with Crippen LogP contribution in [0.15, 0.2) is 42.5 Å². The molecule has 2 aromatic rings. The summed E-state index contributed by atoms with van der Waals surface area (Å²) in [5.74, 6) is 1.32. The first-order chi connectivity index (χ1) is 12.9. The summed E-state index contributed by atoms with van der Waals surface area (Å²) < 4.78 is 0.255. The van der Waals surface area contributed by atoms with Gasteiger partial charge in [-0.25, -0.2) is 0 Å². The molecule has 2 aromatic carbocycles. The Morgan fingerprint density at radius 3 is 2.78 bits per heavy atom. The molecule has 1 atom stereocenters. The van der Waals surface area contributed by atoms with Crippen LogP contribution in [-0.2, 0) is 11.3 Å². The molecule has 3 rings (SSSR count). The van der Waals surface area contributed by atoms with E-state index in [0.717, 1.165) is 44.8 Å². The molecule has 1 aliphatic heterocycles. The maximum Gasteiger partial charge on any atom is 0.224 e. The van der Waals surface area contributed by atoms with Crippen molar-refractivity contribution in [2.24, 2.45) is 5.92 Å². The van der Waals surface area contributed by atoms with Crippen LogP contribution < -0.4 is 5.32 Å². The van der Waals surface area contributed by atoms with Crippen molar-refractivity contribution in [1.82, 2.24) is 10.2 Å². The fourth-order valence-corrected chi connectivity index (χ4v) is 4.58. The molecule has 0 saturated carbocycles. The number of carbonyl (C=O) groups excluding carboxylic acids is 1. The molecule has 1 fully saturated rings. The second-order valence-corrected chi connectivity index (χ2v) is 10.4. The van der Waals surface area contributed by atoms with Crippen LogP contribution in [0, 0.1) is 5.92 Å². The molecule has 0 aliphatic carbocycles. The van der Waals surface area contributed by atoms with Crippen LogP contribution in [0.3, 0.4) is 0 Å². The van der Waals surface area contributed by atoms with E-state index in [1.165, 1.54) is 16.3 Å². The lowest BCUT2D eigenvalue weighted by Gasteiger charge is -2.32. The van der Waals surface area contributed by atoms with Crippen molar-refractivity contribution in [2.45, 2.75) is 44.9 Å². The monoisotopic (exact) mass is 384 g/mol. The Balaban J connectivity index is 1.54. The van der Waals surface area contributed by atoms with Gasteiger partial charge in [0.25, 0.3) is 0 Å². The van der Waals surface area contributed by atoms with Gasteiger partial charge >= 0.3 is 0 Å². The van der Waals surface area contributed by atoms with E-state index in [2.05, 4.69) is 73.5 Å². The number of thioether (sulfide) groups is 1. The third kappa shape index (κ3) is 5.98. The van der Waals surface area contributed by atoms with Gasteiger partial charge in [0.15, 0.2) is 0 Å². The highest BCUT2D eigenvalue weighted by Crippen LogP contribution is 2.24. The van der Waals surface area contributed by atoms with Crippen LogP contribution in [0.1, 0.15) is 39.2 Å². The first-order valence-corrected chi connectivity index (χ1v) is 11.0. The third-order valence-corrected chi connectivity index (χ3v) is 6.36. The van der Waals surface area contributed by atoms with E-state index in [-0.39, 0.29) is 16.6 Å². The van der Waals surface area contributed by atoms with Gasteiger partial charge in [0.2, 0.25) is 5.91 Å². The highest BCUT2D eigenvalue weighted by Gasteiger charge is 2.25. The van der Waals surface area contributed by atoms with Crippen LogP contribution in [0.4, 0.5) is 0 Å². The van der Waals surface area contributed by atoms with Gasteiger partial charge in [0.1, 0.15) is 0 Å². The molecule has 146 valence electrons. The van der Waals surface area contributed by atoms with Gasteiger partial charge in [-0.1, -0.05) is 63.2 Å². The minimum atomic E-state index is 0.119. The van der Waals surface area contributed by atoms with Gasteiger partial charge in [0, 0.05) is 30.1 Å². The van der Waals surface area contributed by atoms with E-state index in [4.69, 9.17) is 0 Å². The summed E-state index contributed by atoms with van der Waals surface area (Å²) in [6, 6.07) is 15.1. The number of benzene rings is 2. The van der Waals surface area contributed by atoms with Gasteiger partial charge in [-0.2, -0.15) is 11.8 Å². The predicted octanol–water partition coefficient (Wildman–Crippen LogP) is 4.70. The Bertz CT molecular complexity index is 763. The first kappa shape index (κ1) is 20.2. The average Bonchev–Trinajstić information content (AvgIpc) is 2.65. The van der Waals surface area contributed by atoms with E-state index >= 15 is 0 Å². The molecule has 0 radical (unpaired) electrons. The Morgan fingerprint density at radius 2 is 1.96 bits per heavy atom. The Kier molecular flexibility index (Phi) is 6.83. The molecule has 1 heterocycles. The number of nitrogens with one attached hydrogen (secondary N) is 1. The van der Waals surface area contributed by atoms with E-state index in [9.17, 15) is 4.79 Å². The molecule has 0 bridgehead atoms. The van der Waals surface area contributed by atoms with Crippen LogP contribution in [0.25, 0.3) is 10.8 Å². The van der Waals surface area contributed by atoms with Gasteiger partial charge in [-0.3, -0.25) is 9.69 Å². The quantitative estimate of drug-likeness (QED) is 0.733. The molecule has 0 aromatic heterocycles. The molecule has 1 aliphatic rings. The minimum Gasteiger partial charge on any atom is -0.355 e. The van der Waals surface area contributed by atoms with Crippen molar-refractivity contribution in [3.63, 3.8) is 0 Å². The number of likely N-dealkylation sites (tertiary alicyclic amines) is 1. The van der Waals surface area contributed by atoms with Gasteiger partial charge < -0.3 is 5.32 Å². The molecule has 1 amide bonds. The fraction of sp³-hybridized carbons (Fsp3) is 0.522. The molecule has 1 saturated heterocycles. The Morgan fingerprint density at radius 1 is 1.19 bits per heavy atom. The normalized spacial score (nSPS) is 18.6. The van der Waals surface area contributed by atoms with E-state index in [1.807, 2.05) is 11.8 Å². The van der Waals surface area contributed by atoms with Crippen LogP contribution in [0.5, 0.6) is 0 Å². The van der Waals surface area contributed by atoms with E-state index < -0.39 is 0 Å². The van der Waals surface area contributed by atoms with Crippen LogP contribution in [-0.4, -0.2) is 40.9 Å². The van der Waals surface area contributed by atoms with Gasteiger partial charge in [0.05, 0.1) is 5.92 Å². The summed E-state index contributed by atoms with van der Waals surface area (Å²) >= 11 is 1.90. The van der Waals surface area contributed by atoms with Crippen LogP contribution >= 0.6 is 11.8 Å². The van der Waals surface area contributed by atoms with Crippen molar-refractivity contribution in [3.05, 3.63) is 48.0 Å². The highest BCUT2D eigenvalue weighted by molar-refractivity contribution is 8.00. The van der Waals surface area contributed by atoms with Gasteiger partial charge in [-0.15, -0.1) is 0 Å². The molecule has 3 nitrogen and oxygen atoms in total. The maximum absolute atomic E-state index is 12.6. The maximum atomic E-state index is 12.6. The zero-order valence-electron chi connectivity index (χ0n) is 16.8. The summed E-state index contributed by atoms with van der Waals surface area (Å²) in [5.41, 5.74) is 1.36. The number of carbonyl (C=O) groups is 1. The van der Waals surface area contributed by atoms with Crippen molar-refractivity contribution in [3.8, 4) is 0 Å². The first-order valence-electron chi connectivity index (χ1n) is 10.0. The zero-order valence-corrected chi connectivity index (χ0v) is 17.6. The summed E-state index contributed by atoms with van der Waals surface area (Å²) in [6.45, 7) is 10.3. The lowest BCUT2D eigenvalue weighted by atomic mass is 9.96. The molecule has 1 unspecified atom stereocenters. The second-order valence-electron chi connectivity index (χ2n) is 8.46.